The predicted octanol–water partition coefficient (Wildman–Crippen LogP) is 6.57. The van der Waals surface area contributed by atoms with E-state index < -0.39 is 0 Å². The van der Waals surface area contributed by atoms with Crippen molar-refractivity contribution in [2.45, 2.75) is 39.3 Å². The van der Waals surface area contributed by atoms with Crippen molar-refractivity contribution in [2.24, 2.45) is 0 Å². The van der Waals surface area contributed by atoms with Crippen molar-refractivity contribution in [2.75, 3.05) is 0 Å². The van der Waals surface area contributed by atoms with Crippen LogP contribution in [0, 0.1) is 0 Å². The molecule has 0 bridgehead atoms. The Bertz CT molecular complexity index is 1050. The zero-order chi connectivity index (χ0) is 19.6. The third-order valence-electron chi connectivity index (χ3n) is 5.18. The lowest BCUT2D eigenvalue weighted by molar-refractivity contribution is 0.310. The summed E-state index contributed by atoms with van der Waals surface area (Å²) in [6.07, 6.45) is 2.15. The second kappa shape index (κ2) is 7.55. The molecule has 1 heterocycles. The molecule has 2 heteroatoms. The molecular weight excluding hydrogens is 342 g/mol. The molecule has 3 aromatic carbocycles. The SMILES string of the molecule is CC(C)(C)c1ccc(Cn2ccc3c(OCc4ccccc4)cccc32)cc1. The largest absolute Gasteiger partial charge is 0.488 e. The van der Waals surface area contributed by atoms with Crippen molar-refractivity contribution < 1.29 is 4.74 Å². The maximum absolute atomic E-state index is 6.11. The van der Waals surface area contributed by atoms with Crippen LogP contribution >= 0.6 is 0 Å². The van der Waals surface area contributed by atoms with Gasteiger partial charge in [-0.3, -0.25) is 0 Å². The van der Waals surface area contributed by atoms with Gasteiger partial charge in [-0.05, 0) is 40.3 Å². The molecule has 0 fully saturated rings. The third-order valence-corrected chi connectivity index (χ3v) is 5.18. The van der Waals surface area contributed by atoms with Gasteiger partial charge in [0.1, 0.15) is 12.4 Å². The lowest BCUT2D eigenvalue weighted by Crippen LogP contribution is -2.10. The molecule has 0 aliphatic rings. The Labute approximate surface area is 167 Å². The Balaban J connectivity index is 1.54. The molecule has 0 saturated carbocycles. The van der Waals surface area contributed by atoms with Gasteiger partial charge in [0.05, 0.1) is 5.52 Å². The number of fused-ring (bicyclic) bond motifs is 1. The van der Waals surface area contributed by atoms with Crippen LogP contribution in [0.25, 0.3) is 10.9 Å². The molecule has 0 atom stereocenters. The summed E-state index contributed by atoms with van der Waals surface area (Å²) in [4.78, 5) is 0. The number of nitrogens with zero attached hydrogens (tertiary/aromatic N) is 1. The first kappa shape index (κ1) is 18.4. The molecule has 0 saturated heterocycles. The molecule has 0 amide bonds. The highest BCUT2D eigenvalue weighted by molar-refractivity contribution is 5.86. The molecule has 4 aromatic rings. The van der Waals surface area contributed by atoms with Gasteiger partial charge in [-0.25, -0.2) is 0 Å². The van der Waals surface area contributed by atoms with E-state index in [2.05, 4.69) is 86.1 Å². The van der Waals surface area contributed by atoms with Crippen LogP contribution in [0.5, 0.6) is 5.75 Å². The van der Waals surface area contributed by atoms with Gasteiger partial charge in [0.25, 0.3) is 0 Å². The summed E-state index contributed by atoms with van der Waals surface area (Å²) in [7, 11) is 0. The molecule has 0 radical (unpaired) electrons. The summed E-state index contributed by atoms with van der Waals surface area (Å²) in [6, 6.07) is 27.7. The van der Waals surface area contributed by atoms with Gasteiger partial charge in [0, 0.05) is 18.1 Å². The third kappa shape index (κ3) is 3.96. The first-order valence-corrected chi connectivity index (χ1v) is 9.85. The quantitative estimate of drug-likeness (QED) is 0.388. The van der Waals surface area contributed by atoms with E-state index in [4.69, 9.17) is 4.74 Å². The molecule has 0 N–H and O–H groups in total. The average molecular weight is 370 g/mol. The van der Waals surface area contributed by atoms with Crippen molar-refractivity contribution in [3.05, 3.63) is 102 Å². The van der Waals surface area contributed by atoms with Crippen LogP contribution in [0.1, 0.15) is 37.5 Å². The van der Waals surface area contributed by atoms with E-state index in [1.165, 1.54) is 22.2 Å². The van der Waals surface area contributed by atoms with Crippen molar-refractivity contribution in [1.29, 1.82) is 0 Å². The second-order valence-corrected chi connectivity index (χ2v) is 8.35. The highest BCUT2D eigenvalue weighted by atomic mass is 16.5. The number of aromatic nitrogens is 1. The predicted molar refractivity (Wildman–Crippen MR) is 117 cm³/mol. The summed E-state index contributed by atoms with van der Waals surface area (Å²) < 4.78 is 8.40. The molecule has 4 rings (SSSR count). The van der Waals surface area contributed by atoms with Crippen LogP contribution in [-0.2, 0) is 18.6 Å². The summed E-state index contributed by atoms with van der Waals surface area (Å²) >= 11 is 0. The van der Waals surface area contributed by atoms with E-state index in [0.717, 1.165) is 17.7 Å². The van der Waals surface area contributed by atoms with Crippen LogP contribution in [0.4, 0.5) is 0 Å². The highest BCUT2D eigenvalue weighted by Gasteiger charge is 2.13. The van der Waals surface area contributed by atoms with Gasteiger partial charge in [-0.2, -0.15) is 0 Å². The Morgan fingerprint density at radius 2 is 1.50 bits per heavy atom. The highest BCUT2D eigenvalue weighted by Crippen LogP contribution is 2.28. The number of ether oxygens (including phenoxy) is 1. The molecule has 0 unspecified atom stereocenters. The minimum atomic E-state index is 0.184. The minimum Gasteiger partial charge on any atom is -0.488 e. The van der Waals surface area contributed by atoms with E-state index in [-0.39, 0.29) is 5.41 Å². The first-order valence-electron chi connectivity index (χ1n) is 9.85. The Kier molecular flexibility index (Phi) is 4.95. The molecule has 2 nitrogen and oxygen atoms in total. The number of benzene rings is 3. The molecule has 28 heavy (non-hydrogen) atoms. The van der Waals surface area contributed by atoms with Gasteiger partial charge < -0.3 is 9.30 Å². The number of rotatable bonds is 5. The summed E-state index contributed by atoms with van der Waals surface area (Å²) in [5, 5.41) is 1.16. The van der Waals surface area contributed by atoms with E-state index in [1.54, 1.807) is 0 Å². The van der Waals surface area contributed by atoms with Gasteiger partial charge in [0.15, 0.2) is 0 Å². The first-order chi connectivity index (χ1) is 13.5. The molecular formula is C26H27NO. The lowest BCUT2D eigenvalue weighted by Gasteiger charge is -2.19. The molecule has 0 aliphatic carbocycles. The van der Waals surface area contributed by atoms with Gasteiger partial charge in [-0.15, -0.1) is 0 Å². The lowest BCUT2D eigenvalue weighted by atomic mass is 9.87. The normalized spacial score (nSPS) is 11.7. The van der Waals surface area contributed by atoms with Crippen molar-refractivity contribution in [1.82, 2.24) is 4.57 Å². The second-order valence-electron chi connectivity index (χ2n) is 8.35. The number of hydrogen-bond acceptors (Lipinski definition) is 1. The Morgan fingerprint density at radius 3 is 2.21 bits per heavy atom. The fourth-order valence-electron chi connectivity index (χ4n) is 3.50. The van der Waals surface area contributed by atoms with E-state index in [0.29, 0.717) is 6.61 Å². The van der Waals surface area contributed by atoms with Crippen molar-refractivity contribution >= 4 is 10.9 Å². The maximum Gasteiger partial charge on any atom is 0.129 e. The van der Waals surface area contributed by atoms with Gasteiger partial charge in [-0.1, -0.05) is 81.4 Å². The van der Waals surface area contributed by atoms with Crippen LogP contribution in [0.15, 0.2) is 85.1 Å². The topological polar surface area (TPSA) is 14.2 Å². The fraction of sp³-hybridized carbons (Fsp3) is 0.231. The van der Waals surface area contributed by atoms with Gasteiger partial charge in [0.2, 0.25) is 0 Å². The van der Waals surface area contributed by atoms with Crippen LogP contribution in [0.3, 0.4) is 0 Å². The molecule has 0 spiro atoms. The standard InChI is InChI=1S/C26H27NO/c1-26(2,3)22-14-12-20(13-15-22)18-27-17-16-23-24(27)10-7-11-25(23)28-19-21-8-5-4-6-9-21/h4-17H,18-19H2,1-3H3. The summed E-state index contributed by atoms with van der Waals surface area (Å²) in [6.45, 7) is 8.19. The maximum atomic E-state index is 6.11. The average Bonchev–Trinajstić information content (AvgIpc) is 3.10. The van der Waals surface area contributed by atoms with Gasteiger partial charge >= 0.3 is 0 Å². The monoisotopic (exact) mass is 369 g/mol. The van der Waals surface area contributed by atoms with E-state index in [1.807, 2.05) is 24.3 Å². The van der Waals surface area contributed by atoms with Crippen molar-refractivity contribution in [3.63, 3.8) is 0 Å². The molecule has 1 aromatic heterocycles. The molecule has 142 valence electrons. The van der Waals surface area contributed by atoms with E-state index in [9.17, 15) is 0 Å². The smallest absolute Gasteiger partial charge is 0.129 e. The van der Waals surface area contributed by atoms with E-state index >= 15 is 0 Å². The number of hydrogen-bond donors (Lipinski definition) is 0. The minimum absolute atomic E-state index is 0.184. The zero-order valence-electron chi connectivity index (χ0n) is 16.9. The van der Waals surface area contributed by atoms with Crippen LogP contribution in [0.2, 0.25) is 0 Å². The fourth-order valence-corrected chi connectivity index (χ4v) is 3.50. The van der Waals surface area contributed by atoms with Crippen molar-refractivity contribution in [3.8, 4) is 5.75 Å². The van der Waals surface area contributed by atoms with Crippen LogP contribution < -0.4 is 4.74 Å². The van der Waals surface area contributed by atoms with Crippen LogP contribution in [-0.4, -0.2) is 4.57 Å². The zero-order valence-corrected chi connectivity index (χ0v) is 16.9. The molecule has 0 aliphatic heterocycles. The summed E-state index contributed by atoms with van der Waals surface area (Å²) in [5.41, 5.74) is 5.23. The Morgan fingerprint density at radius 1 is 0.750 bits per heavy atom. The summed E-state index contributed by atoms with van der Waals surface area (Å²) in [5.74, 6) is 0.934. The Hall–Kier alpha value is -3.00.